The fraction of sp³-hybridized carbons (Fsp3) is 0.0952. The molecule has 7 aromatic rings. The molecule has 0 spiro atoms. The van der Waals surface area contributed by atoms with Crippen molar-refractivity contribution in [3.05, 3.63) is 143 Å². The zero-order valence-corrected chi connectivity index (χ0v) is 29.5. The maximum atomic E-state index is 6.28. The van der Waals surface area contributed by atoms with E-state index in [4.69, 9.17) is 8.85 Å². The van der Waals surface area contributed by atoms with Gasteiger partial charge in [-0.15, -0.1) is 0 Å². The lowest BCUT2D eigenvalue weighted by Gasteiger charge is -2.14. The Balaban J connectivity index is 1.40. The van der Waals surface area contributed by atoms with E-state index in [1.54, 1.807) is 0 Å². The Morgan fingerprint density at radius 1 is 0.435 bits per heavy atom. The van der Waals surface area contributed by atoms with Crippen LogP contribution < -0.4 is 8.85 Å². The quantitative estimate of drug-likeness (QED) is 0.111. The van der Waals surface area contributed by atoms with Gasteiger partial charge in [-0.05, 0) is 129 Å². The van der Waals surface area contributed by atoms with Crippen molar-refractivity contribution in [1.29, 1.82) is 0 Å². The molecule has 0 radical (unpaired) electrons. The van der Waals surface area contributed by atoms with E-state index in [1.165, 1.54) is 43.8 Å². The normalized spacial score (nSPS) is 11.4. The highest BCUT2D eigenvalue weighted by molar-refractivity contribution is 6.40. The van der Waals surface area contributed by atoms with Crippen LogP contribution in [0.1, 0.15) is 33.4 Å². The SMILES string of the molecule is Cc1cccc(O[SiH2]C#Cc2c3cc4ccccc4cc3c(C#C[SiH2]Oc3cccc(C)c3C)c3cc4ccccc4cc23)c1C. The van der Waals surface area contributed by atoms with Crippen LogP contribution in [-0.4, -0.2) is 19.5 Å². The zero-order chi connectivity index (χ0) is 31.6. The predicted octanol–water partition coefficient (Wildman–Crippen LogP) is 8.48. The first kappa shape index (κ1) is 29.4. The Labute approximate surface area is 275 Å². The molecule has 0 aliphatic rings. The van der Waals surface area contributed by atoms with Crippen LogP contribution in [0.15, 0.2) is 109 Å². The monoisotopic (exact) mass is 626 g/mol. The van der Waals surface area contributed by atoms with Crippen LogP contribution in [0.5, 0.6) is 11.5 Å². The van der Waals surface area contributed by atoms with Crippen LogP contribution in [0.4, 0.5) is 0 Å². The summed E-state index contributed by atoms with van der Waals surface area (Å²) in [5.41, 5.74) is 13.9. The van der Waals surface area contributed by atoms with E-state index in [1.807, 2.05) is 24.3 Å². The van der Waals surface area contributed by atoms with Crippen molar-refractivity contribution in [3.63, 3.8) is 0 Å². The van der Waals surface area contributed by atoms with Crippen LogP contribution in [0, 0.1) is 50.6 Å². The van der Waals surface area contributed by atoms with E-state index in [0.717, 1.165) is 44.2 Å². The Morgan fingerprint density at radius 2 is 0.783 bits per heavy atom. The Morgan fingerprint density at radius 3 is 1.13 bits per heavy atom. The third kappa shape index (κ3) is 5.66. The van der Waals surface area contributed by atoms with E-state index in [2.05, 4.69) is 136 Å². The Hall–Kier alpha value is -5.27. The third-order valence-electron chi connectivity index (χ3n) is 8.99. The van der Waals surface area contributed by atoms with Gasteiger partial charge in [-0.3, -0.25) is 0 Å². The molecule has 0 fully saturated rings. The van der Waals surface area contributed by atoms with Crippen molar-refractivity contribution in [1.82, 2.24) is 0 Å². The van der Waals surface area contributed by atoms with E-state index in [-0.39, 0.29) is 0 Å². The maximum Gasteiger partial charge on any atom is 0.299 e. The second-order valence-electron chi connectivity index (χ2n) is 11.8. The highest BCUT2D eigenvalue weighted by atomic mass is 28.2. The lowest BCUT2D eigenvalue weighted by Crippen LogP contribution is -2.02. The molecule has 0 N–H and O–H groups in total. The number of aryl methyl sites for hydroxylation is 2. The topological polar surface area (TPSA) is 18.5 Å². The van der Waals surface area contributed by atoms with Crippen LogP contribution in [0.25, 0.3) is 43.1 Å². The minimum atomic E-state index is -1.14. The lowest BCUT2D eigenvalue weighted by molar-refractivity contribution is 0.599. The summed E-state index contributed by atoms with van der Waals surface area (Å²) in [5, 5.41) is 9.24. The van der Waals surface area contributed by atoms with Crippen molar-refractivity contribution in [2.45, 2.75) is 27.7 Å². The molecule has 0 saturated heterocycles. The number of rotatable bonds is 4. The first-order chi connectivity index (χ1) is 22.5. The summed E-state index contributed by atoms with van der Waals surface area (Å²) in [6.45, 7) is 8.45. The first-order valence-corrected chi connectivity index (χ1v) is 18.2. The van der Waals surface area contributed by atoms with Crippen molar-refractivity contribution < 1.29 is 8.85 Å². The molecule has 0 amide bonds. The van der Waals surface area contributed by atoms with E-state index < -0.39 is 19.5 Å². The van der Waals surface area contributed by atoms with Crippen LogP contribution >= 0.6 is 0 Å². The molecule has 4 heteroatoms. The molecule has 0 heterocycles. The van der Waals surface area contributed by atoms with Gasteiger partial charge in [-0.1, -0.05) is 95.7 Å². The van der Waals surface area contributed by atoms with E-state index in [0.29, 0.717) is 0 Å². The second-order valence-corrected chi connectivity index (χ2v) is 13.7. The van der Waals surface area contributed by atoms with Crippen molar-refractivity contribution in [2.75, 3.05) is 0 Å². The summed E-state index contributed by atoms with van der Waals surface area (Å²) < 4.78 is 12.6. The molecule has 0 atom stereocenters. The lowest BCUT2D eigenvalue weighted by atomic mass is 9.89. The summed E-state index contributed by atoms with van der Waals surface area (Å²) in [4.78, 5) is 0. The van der Waals surface area contributed by atoms with Crippen molar-refractivity contribution in [2.24, 2.45) is 0 Å². The van der Waals surface area contributed by atoms with Gasteiger partial charge in [0.2, 0.25) is 0 Å². The fourth-order valence-electron chi connectivity index (χ4n) is 6.11. The third-order valence-corrected chi connectivity index (χ3v) is 10.5. The summed E-state index contributed by atoms with van der Waals surface area (Å²) in [5.74, 6) is 9.10. The molecule has 2 nitrogen and oxygen atoms in total. The highest BCUT2D eigenvalue weighted by Crippen LogP contribution is 2.37. The Bertz CT molecular complexity index is 2170. The minimum absolute atomic E-state index is 0.936. The zero-order valence-electron chi connectivity index (χ0n) is 26.6. The molecule has 7 aromatic carbocycles. The molecule has 0 unspecified atom stereocenters. The van der Waals surface area contributed by atoms with Crippen LogP contribution in [0.2, 0.25) is 0 Å². The molecule has 0 aliphatic carbocycles. The molecule has 0 bridgehead atoms. The van der Waals surface area contributed by atoms with Crippen LogP contribution in [0.3, 0.4) is 0 Å². The van der Waals surface area contributed by atoms with Gasteiger partial charge in [-0.25, -0.2) is 0 Å². The number of hydrogen-bond acceptors (Lipinski definition) is 2. The van der Waals surface area contributed by atoms with Gasteiger partial charge in [-0.2, -0.15) is 0 Å². The largest absolute Gasteiger partial charge is 0.537 e. The summed E-state index contributed by atoms with van der Waals surface area (Å²) in [6.07, 6.45) is 0. The van der Waals surface area contributed by atoms with Gasteiger partial charge in [0, 0.05) is 11.1 Å². The highest BCUT2D eigenvalue weighted by Gasteiger charge is 2.15. The molecule has 0 saturated carbocycles. The molecule has 0 aliphatic heterocycles. The fourth-order valence-corrected chi connectivity index (χ4v) is 7.68. The standard InChI is InChI=1S/C42H34O2Si2/c1-27-11-9-17-41(29(27)3)43-45-21-19-35-37-23-31-13-5-7-15-33(31)25-39(37)36(20-22-46-44-42-18-10-12-28(2)30(42)4)40-26-34-16-8-6-14-32(34)24-38(35)40/h5-18,23-26H,45-46H2,1-4H3. The molecular formula is C42H34O2Si2. The van der Waals surface area contributed by atoms with Gasteiger partial charge in [0.05, 0.1) is 0 Å². The second kappa shape index (κ2) is 12.6. The molecule has 7 rings (SSSR count). The average molecular weight is 627 g/mol. The number of fused-ring (bicyclic) bond motifs is 4. The molecule has 222 valence electrons. The number of hydrogen-bond donors (Lipinski definition) is 0. The van der Waals surface area contributed by atoms with Gasteiger partial charge in [0.1, 0.15) is 11.5 Å². The van der Waals surface area contributed by atoms with Gasteiger partial charge < -0.3 is 8.85 Å². The Kier molecular flexibility index (Phi) is 8.08. The molecule has 46 heavy (non-hydrogen) atoms. The minimum Gasteiger partial charge on any atom is -0.537 e. The summed E-state index contributed by atoms with van der Waals surface area (Å²) in [6, 6.07) is 38.6. The van der Waals surface area contributed by atoms with E-state index >= 15 is 0 Å². The molecule has 0 aromatic heterocycles. The summed E-state index contributed by atoms with van der Waals surface area (Å²) in [7, 11) is -2.28. The van der Waals surface area contributed by atoms with Crippen molar-refractivity contribution in [3.8, 4) is 34.4 Å². The smallest absolute Gasteiger partial charge is 0.299 e. The van der Waals surface area contributed by atoms with Gasteiger partial charge in [0.25, 0.3) is 19.5 Å². The first-order valence-electron chi connectivity index (χ1n) is 15.6. The van der Waals surface area contributed by atoms with Gasteiger partial charge >= 0.3 is 0 Å². The molecular weight excluding hydrogens is 593 g/mol. The van der Waals surface area contributed by atoms with Gasteiger partial charge in [0.15, 0.2) is 0 Å². The maximum absolute atomic E-state index is 6.28. The summed E-state index contributed by atoms with van der Waals surface area (Å²) >= 11 is 0. The average Bonchev–Trinajstić information content (AvgIpc) is 3.07. The van der Waals surface area contributed by atoms with Crippen molar-refractivity contribution >= 4 is 62.6 Å². The van der Waals surface area contributed by atoms with Crippen LogP contribution in [-0.2, 0) is 0 Å². The number of benzene rings is 7. The van der Waals surface area contributed by atoms with E-state index in [9.17, 15) is 0 Å². The predicted molar refractivity (Wildman–Crippen MR) is 200 cm³/mol.